The Morgan fingerprint density at radius 2 is 1.97 bits per heavy atom. The number of hydrogen-bond donors (Lipinski definition) is 3. The third-order valence-electron chi connectivity index (χ3n) is 6.41. The molecule has 0 spiro atoms. The number of aliphatic hydroxyl groups is 1. The van der Waals surface area contributed by atoms with Crippen molar-refractivity contribution >= 4 is 5.96 Å². The number of nitrogens with zero attached hydrogens (tertiary/aromatic N) is 5. The molecule has 2 fully saturated rings. The molecule has 1 saturated carbocycles. The first-order valence-corrected chi connectivity index (χ1v) is 11.4. The van der Waals surface area contributed by atoms with E-state index in [4.69, 9.17) is 9.73 Å². The van der Waals surface area contributed by atoms with Crippen LogP contribution in [0.1, 0.15) is 56.6 Å². The molecule has 1 saturated heterocycles. The molecule has 9 heteroatoms. The highest BCUT2D eigenvalue weighted by atomic mass is 16.5. The van der Waals surface area contributed by atoms with E-state index in [1.54, 1.807) is 7.11 Å². The number of aromatic nitrogens is 3. The second kappa shape index (κ2) is 11.6. The fourth-order valence-electron chi connectivity index (χ4n) is 4.40. The Labute approximate surface area is 180 Å². The summed E-state index contributed by atoms with van der Waals surface area (Å²) in [7, 11) is 3.69. The molecule has 1 aliphatic carbocycles. The molecule has 9 nitrogen and oxygen atoms in total. The van der Waals surface area contributed by atoms with Gasteiger partial charge in [-0.1, -0.05) is 12.8 Å². The lowest BCUT2D eigenvalue weighted by molar-refractivity contribution is 0.00810. The van der Waals surface area contributed by atoms with E-state index in [0.29, 0.717) is 18.6 Å². The molecule has 2 unspecified atom stereocenters. The Balaban J connectivity index is 1.53. The molecule has 30 heavy (non-hydrogen) atoms. The van der Waals surface area contributed by atoms with Gasteiger partial charge in [-0.3, -0.25) is 4.90 Å². The van der Waals surface area contributed by atoms with Crippen LogP contribution in [0.15, 0.2) is 4.99 Å². The van der Waals surface area contributed by atoms with Crippen LogP contribution < -0.4 is 10.6 Å². The Morgan fingerprint density at radius 1 is 1.20 bits per heavy atom. The topological polar surface area (TPSA) is 99.8 Å². The zero-order valence-electron chi connectivity index (χ0n) is 18.8. The molecular weight excluding hydrogens is 382 g/mol. The minimum Gasteiger partial charge on any atom is -0.391 e. The summed E-state index contributed by atoms with van der Waals surface area (Å²) in [6.07, 6.45) is 7.38. The second-order valence-corrected chi connectivity index (χ2v) is 8.53. The van der Waals surface area contributed by atoms with Crippen molar-refractivity contribution in [1.82, 2.24) is 30.3 Å². The fraction of sp³-hybridized carbons (Fsp3) is 0.857. The van der Waals surface area contributed by atoms with E-state index in [2.05, 4.69) is 25.7 Å². The predicted molar refractivity (Wildman–Crippen MR) is 117 cm³/mol. The van der Waals surface area contributed by atoms with Gasteiger partial charge in [0.15, 0.2) is 11.8 Å². The van der Waals surface area contributed by atoms with Gasteiger partial charge in [-0.15, -0.1) is 10.2 Å². The van der Waals surface area contributed by atoms with E-state index in [1.807, 2.05) is 18.5 Å². The summed E-state index contributed by atoms with van der Waals surface area (Å²) in [6.45, 7) is 6.02. The Kier molecular flexibility index (Phi) is 8.89. The number of rotatable bonds is 8. The summed E-state index contributed by atoms with van der Waals surface area (Å²) in [5, 5.41) is 25.7. The molecule has 170 valence electrons. The average Bonchev–Trinajstić information content (AvgIpc) is 3.08. The van der Waals surface area contributed by atoms with Gasteiger partial charge >= 0.3 is 0 Å². The number of piperidine rings is 1. The van der Waals surface area contributed by atoms with Crippen molar-refractivity contribution < 1.29 is 9.84 Å². The van der Waals surface area contributed by atoms with Crippen LogP contribution in [-0.4, -0.2) is 82.3 Å². The predicted octanol–water partition coefficient (Wildman–Crippen LogP) is 0.963. The number of aliphatic imine (C=N–C) groups is 1. The zero-order valence-corrected chi connectivity index (χ0v) is 18.8. The van der Waals surface area contributed by atoms with Gasteiger partial charge in [0.05, 0.1) is 6.10 Å². The van der Waals surface area contributed by atoms with Crippen LogP contribution in [0.5, 0.6) is 0 Å². The van der Waals surface area contributed by atoms with E-state index in [0.717, 1.165) is 82.4 Å². The molecule has 0 aromatic carbocycles. The molecule has 3 N–H and O–H groups in total. The number of hydrogen-bond acceptors (Lipinski definition) is 6. The molecule has 2 aliphatic rings. The van der Waals surface area contributed by atoms with Crippen molar-refractivity contribution in [3.63, 3.8) is 0 Å². The first kappa shape index (κ1) is 23.0. The lowest BCUT2D eigenvalue weighted by Gasteiger charge is -2.41. The van der Waals surface area contributed by atoms with Gasteiger partial charge in [0, 0.05) is 52.5 Å². The van der Waals surface area contributed by atoms with E-state index in [9.17, 15) is 5.11 Å². The molecule has 0 radical (unpaired) electrons. The lowest BCUT2D eigenvalue weighted by Crippen LogP contribution is -2.53. The highest BCUT2D eigenvalue weighted by Crippen LogP contribution is 2.25. The van der Waals surface area contributed by atoms with E-state index < -0.39 is 0 Å². The van der Waals surface area contributed by atoms with E-state index in [-0.39, 0.29) is 6.10 Å². The zero-order chi connectivity index (χ0) is 21.3. The molecule has 0 amide bonds. The highest BCUT2D eigenvalue weighted by Gasteiger charge is 2.31. The number of aryl methyl sites for hydroxylation is 1. The average molecular weight is 422 g/mol. The quantitative estimate of drug-likeness (QED) is 0.327. The number of nitrogens with one attached hydrogen (secondary N) is 2. The Hall–Kier alpha value is -1.71. The maximum atomic E-state index is 10.4. The van der Waals surface area contributed by atoms with Gasteiger partial charge in [-0.2, -0.15) is 0 Å². The van der Waals surface area contributed by atoms with Gasteiger partial charge in [-0.25, -0.2) is 4.99 Å². The molecule has 2 atom stereocenters. The van der Waals surface area contributed by atoms with Crippen LogP contribution in [0.25, 0.3) is 0 Å². The van der Waals surface area contributed by atoms with Gasteiger partial charge < -0.3 is 25.0 Å². The first-order valence-electron chi connectivity index (χ1n) is 11.4. The number of likely N-dealkylation sites (tertiary alicyclic amines) is 1. The highest BCUT2D eigenvalue weighted by molar-refractivity contribution is 5.80. The molecule has 0 bridgehead atoms. The summed E-state index contributed by atoms with van der Waals surface area (Å²) < 4.78 is 7.12. The summed E-state index contributed by atoms with van der Waals surface area (Å²) >= 11 is 0. The van der Waals surface area contributed by atoms with E-state index >= 15 is 0 Å². The van der Waals surface area contributed by atoms with Crippen molar-refractivity contribution in [1.29, 1.82) is 0 Å². The second-order valence-electron chi connectivity index (χ2n) is 8.53. The standard InChI is InChI=1S/C21H39N7O2/c1-16-25-26-20(27(16)2)15-23-21(22-11-6-14-30-3)24-17-9-12-28(13-10-17)18-7-4-5-8-19(18)29/h17-19,29H,4-15H2,1-3H3,(H2,22,23,24). The van der Waals surface area contributed by atoms with Crippen molar-refractivity contribution in [3.8, 4) is 0 Å². The summed E-state index contributed by atoms with van der Waals surface area (Å²) in [6, 6.07) is 0.732. The van der Waals surface area contributed by atoms with Crippen molar-refractivity contribution in [2.45, 2.75) is 76.6 Å². The van der Waals surface area contributed by atoms with Crippen molar-refractivity contribution in [3.05, 3.63) is 11.6 Å². The molecule has 1 aromatic rings. The third kappa shape index (κ3) is 6.39. The molecule has 3 rings (SSSR count). The van der Waals surface area contributed by atoms with Crippen LogP contribution in [0.4, 0.5) is 0 Å². The van der Waals surface area contributed by atoms with Gasteiger partial charge in [-0.05, 0) is 39.0 Å². The minimum absolute atomic E-state index is 0.155. The van der Waals surface area contributed by atoms with Crippen LogP contribution in [0.2, 0.25) is 0 Å². The maximum Gasteiger partial charge on any atom is 0.191 e. The minimum atomic E-state index is -0.155. The maximum absolute atomic E-state index is 10.4. The first-order chi connectivity index (χ1) is 14.6. The number of guanidine groups is 1. The third-order valence-corrected chi connectivity index (χ3v) is 6.41. The Morgan fingerprint density at radius 3 is 2.63 bits per heavy atom. The van der Waals surface area contributed by atoms with Crippen LogP contribution >= 0.6 is 0 Å². The number of methoxy groups -OCH3 is 1. The molecule has 1 aliphatic heterocycles. The van der Waals surface area contributed by atoms with Gasteiger partial charge in [0.2, 0.25) is 0 Å². The van der Waals surface area contributed by atoms with Crippen LogP contribution in [-0.2, 0) is 18.3 Å². The summed E-state index contributed by atoms with van der Waals surface area (Å²) in [5.41, 5.74) is 0. The van der Waals surface area contributed by atoms with Crippen LogP contribution in [0, 0.1) is 6.92 Å². The van der Waals surface area contributed by atoms with Gasteiger partial charge in [0.1, 0.15) is 12.4 Å². The van der Waals surface area contributed by atoms with Gasteiger partial charge in [0.25, 0.3) is 0 Å². The molecular formula is C21H39N7O2. The van der Waals surface area contributed by atoms with Crippen molar-refractivity contribution in [2.24, 2.45) is 12.0 Å². The monoisotopic (exact) mass is 421 g/mol. The number of ether oxygens (including phenoxy) is 1. The Bertz CT molecular complexity index is 670. The smallest absolute Gasteiger partial charge is 0.191 e. The van der Waals surface area contributed by atoms with Crippen LogP contribution in [0.3, 0.4) is 0 Å². The largest absolute Gasteiger partial charge is 0.391 e. The number of aliphatic hydroxyl groups excluding tert-OH is 1. The normalized spacial score (nSPS) is 24.2. The summed E-state index contributed by atoms with van der Waals surface area (Å²) in [4.78, 5) is 7.25. The summed E-state index contributed by atoms with van der Waals surface area (Å²) in [5.74, 6) is 2.56. The lowest BCUT2D eigenvalue weighted by atomic mass is 9.89. The SMILES string of the molecule is COCCCNC(=NCc1nnc(C)n1C)NC1CCN(C2CCCCC2O)CC1. The van der Waals surface area contributed by atoms with E-state index in [1.165, 1.54) is 6.42 Å². The molecule has 2 heterocycles. The molecule has 1 aromatic heterocycles. The van der Waals surface area contributed by atoms with Crippen molar-refractivity contribution in [2.75, 3.05) is 33.4 Å². The fourth-order valence-corrected chi connectivity index (χ4v) is 4.40.